The van der Waals surface area contributed by atoms with E-state index in [-0.39, 0.29) is 0 Å². The van der Waals surface area contributed by atoms with Crippen molar-refractivity contribution >= 4 is 22.2 Å². The van der Waals surface area contributed by atoms with Crippen molar-refractivity contribution in [2.45, 2.75) is 19.8 Å². The molecule has 2 N–H and O–H groups in total. The number of allylic oxidation sites excluding steroid dienone is 1. The SMILES string of the molecule is C=C(C)c1cccc(N)c1CCc1ccc2c(ccn2C)c1. The monoisotopic (exact) mass is 290 g/mol. The molecule has 0 fully saturated rings. The fourth-order valence-electron chi connectivity index (χ4n) is 3.04. The smallest absolute Gasteiger partial charge is 0.0477 e. The number of nitrogens with two attached hydrogens (primary N) is 1. The molecular formula is C20H22N2. The van der Waals surface area contributed by atoms with Crippen LogP contribution in [0.2, 0.25) is 0 Å². The molecule has 0 aliphatic heterocycles. The molecule has 2 heteroatoms. The molecule has 22 heavy (non-hydrogen) atoms. The maximum atomic E-state index is 6.17. The van der Waals surface area contributed by atoms with E-state index in [2.05, 4.69) is 54.7 Å². The van der Waals surface area contributed by atoms with Crippen LogP contribution in [0.1, 0.15) is 23.6 Å². The Morgan fingerprint density at radius 3 is 2.73 bits per heavy atom. The molecule has 0 saturated carbocycles. The number of nitrogen functional groups attached to an aromatic ring is 1. The molecule has 0 aliphatic rings. The molecule has 0 atom stereocenters. The molecule has 0 bridgehead atoms. The zero-order chi connectivity index (χ0) is 15.7. The molecule has 0 aliphatic carbocycles. The van der Waals surface area contributed by atoms with Crippen molar-refractivity contribution in [1.82, 2.24) is 4.57 Å². The lowest BCUT2D eigenvalue weighted by atomic mass is 9.94. The molecule has 0 radical (unpaired) electrons. The van der Waals surface area contributed by atoms with Gasteiger partial charge in [-0.3, -0.25) is 0 Å². The highest BCUT2D eigenvalue weighted by Crippen LogP contribution is 2.25. The Morgan fingerprint density at radius 1 is 1.14 bits per heavy atom. The van der Waals surface area contributed by atoms with Gasteiger partial charge in [0.2, 0.25) is 0 Å². The van der Waals surface area contributed by atoms with Gasteiger partial charge in [0.05, 0.1) is 0 Å². The normalized spacial score (nSPS) is 11.0. The maximum Gasteiger partial charge on any atom is 0.0477 e. The second-order valence-corrected chi connectivity index (χ2v) is 5.97. The number of anilines is 1. The van der Waals surface area contributed by atoms with Crippen molar-refractivity contribution < 1.29 is 0 Å². The maximum absolute atomic E-state index is 6.17. The second-order valence-electron chi connectivity index (χ2n) is 5.97. The summed E-state index contributed by atoms with van der Waals surface area (Å²) in [7, 11) is 2.08. The molecule has 0 saturated heterocycles. The van der Waals surface area contributed by atoms with Gasteiger partial charge in [0, 0.05) is 24.4 Å². The molecule has 2 nitrogen and oxygen atoms in total. The van der Waals surface area contributed by atoms with E-state index in [4.69, 9.17) is 5.73 Å². The van der Waals surface area contributed by atoms with Gasteiger partial charge in [0.15, 0.2) is 0 Å². The van der Waals surface area contributed by atoms with E-state index in [1.165, 1.54) is 27.6 Å². The fraction of sp³-hybridized carbons (Fsp3) is 0.200. The third-order valence-corrected chi connectivity index (χ3v) is 4.29. The van der Waals surface area contributed by atoms with Gasteiger partial charge in [0.25, 0.3) is 0 Å². The summed E-state index contributed by atoms with van der Waals surface area (Å²) in [6, 6.07) is 14.9. The highest BCUT2D eigenvalue weighted by Gasteiger charge is 2.08. The van der Waals surface area contributed by atoms with Crippen molar-refractivity contribution in [1.29, 1.82) is 0 Å². The summed E-state index contributed by atoms with van der Waals surface area (Å²) in [4.78, 5) is 0. The third-order valence-electron chi connectivity index (χ3n) is 4.29. The van der Waals surface area contributed by atoms with Crippen LogP contribution >= 0.6 is 0 Å². The molecule has 0 amide bonds. The first-order chi connectivity index (χ1) is 10.6. The fourth-order valence-corrected chi connectivity index (χ4v) is 3.04. The minimum absolute atomic E-state index is 0.862. The second kappa shape index (κ2) is 5.72. The van der Waals surface area contributed by atoms with Crippen LogP contribution in [0.5, 0.6) is 0 Å². The first-order valence-electron chi connectivity index (χ1n) is 7.63. The molecule has 3 aromatic rings. The number of aryl methyl sites for hydroxylation is 2. The van der Waals surface area contributed by atoms with Crippen LogP contribution in [0, 0.1) is 0 Å². The minimum Gasteiger partial charge on any atom is -0.398 e. The van der Waals surface area contributed by atoms with Crippen LogP contribution in [0.3, 0.4) is 0 Å². The van der Waals surface area contributed by atoms with Crippen molar-refractivity contribution in [2.75, 3.05) is 5.73 Å². The van der Waals surface area contributed by atoms with Crippen LogP contribution in [0.25, 0.3) is 16.5 Å². The standard InChI is InChI=1S/C20H22N2/c1-14(2)17-5-4-6-19(21)18(17)9-7-15-8-10-20-16(13-15)11-12-22(20)3/h4-6,8,10-13H,1,7,9,21H2,2-3H3. The summed E-state index contributed by atoms with van der Waals surface area (Å²) >= 11 is 0. The summed E-state index contributed by atoms with van der Waals surface area (Å²) in [5.41, 5.74) is 13.1. The number of aromatic nitrogens is 1. The van der Waals surface area contributed by atoms with Crippen molar-refractivity contribution in [2.24, 2.45) is 7.05 Å². The molecule has 112 valence electrons. The van der Waals surface area contributed by atoms with Crippen molar-refractivity contribution in [3.05, 3.63) is 71.9 Å². The predicted octanol–water partition coefficient (Wildman–Crippen LogP) is 4.58. The Morgan fingerprint density at radius 2 is 1.95 bits per heavy atom. The van der Waals surface area contributed by atoms with Crippen LogP contribution in [0.15, 0.2) is 55.2 Å². The van der Waals surface area contributed by atoms with Crippen LogP contribution < -0.4 is 5.73 Å². The summed E-state index contributed by atoms with van der Waals surface area (Å²) < 4.78 is 2.15. The van der Waals surface area contributed by atoms with E-state index in [9.17, 15) is 0 Å². The van der Waals surface area contributed by atoms with Gasteiger partial charge in [-0.1, -0.05) is 30.4 Å². The van der Waals surface area contributed by atoms with Crippen LogP contribution in [-0.4, -0.2) is 4.57 Å². The molecule has 1 heterocycles. The zero-order valence-corrected chi connectivity index (χ0v) is 13.3. The highest BCUT2D eigenvalue weighted by atomic mass is 14.9. The van der Waals surface area contributed by atoms with E-state index in [0.717, 1.165) is 24.1 Å². The number of rotatable bonds is 4. The van der Waals surface area contributed by atoms with Gasteiger partial charge in [-0.15, -0.1) is 0 Å². The average molecular weight is 290 g/mol. The summed E-state index contributed by atoms with van der Waals surface area (Å²) in [6.45, 7) is 6.10. The van der Waals surface area contributed by atoms with Crippen molar-refractivity contribution in [3.8, 4) is 0 Å². The molecule has 0 unspecified atom stereocenters. The predicted molar refractivity (Wildman–Crippen MR) is 95.9 cm³/mol. The van der Waals surface area contributed by atoms with Gasteiger partial charge in [-0.05, 0) is 66.1 Å². The molecule has 0 spiro atoms. The Kier molecular flexibility index (Phi) is 3.76. The van der Waals surface area contributed by atoms with E-state index in [1.54, 1.807) is 0 Å². The molecular weight excluding hydrogens is 268 g/mol. The Bertz CT molecular complexity index is 840. The quantitative estimate of drug-likeness (QED) is 0.701. The van der Waals surface area contributed by atoms with Gasteiger partial charge >= 0.3 is 0 Å². The summed E-state index contributed by atoms with van der Waals surface area (Å²) in [5, 5.41) is 1.29. The van der Waals surface area contributed by atoms with Gasteiger partial charge in [-0.2, -0.15) is 0 Å². The number of nitrogens with zero attached hydrogens (tertiary/aromatic N) is 1. The van der Waals surface area contributed by atoms with E-state index >= 15 is 0 Å². The lowest BCUT2D eigenvalue weighted by molar-refractivity contribution is 0.954. The highest BCUT2D eigenvalue weighted by molar-refractivity contribution is 5.80. The first kappa shape index (κ1) is 14.5. The Hall–Kier alpha value is -2.48. The molecule has 3 rings (SSSR count). The van der Waals surface area contributed by atoms with Crippen LogP contribution in [-0.2, 0) is 19.9 Å². The van der Waals surface area contributed by atoms with Gasteiger partial charge < -0.3 is 10.3 Å². The number of benzene rings is 2. The van der Waals surface area contributed by atoms with Crippen LogP contribution in [0.4, 0.5) is 5.69 Å². The first-order valence-corrected chi connectivity index (χ1v) is 7.63. The third kappa shape index (κ3) is 2.64. The lowest BCUT2D eigenvalue weighted by Gasteiger charge is -2.12. The number of fused-ring (bicyclic) bond motifs is 1. The van der Waals surface area contributed by atoms with E-state index in [1.807, 2.05) is 19.1 Å². The van der Waals surface area contributed by atoms with E-state index in [0.29, 0.717) is 0 Å². The molecule has 1 aromatic heterocycles. The zero-order valence-electron chi connectivity index (χ0n) is 13.3. The number of hydrogen-bond acceptors (Lipinski definition) is 1. The largest absolute Gasteiger partial charge is 0.398 e. The van der Waals surface area contributed by atoms with Gasteiger partial charge in [0.1, 0.15) is 0 Å². The minimum atomic E-state index is 0.862. The Balaban J connectivity index is 1.86. The molecule has 2 aromatic carbocycles. The lowest BCUT2D eigenvalue weighted by Crippen LogP contribution is -2.01. The van der Waals surface area contributed by atoms with Crippen molar-refractivity contribution in [3.63, 3.8) is 0 Å². The average Bonchev–Trinajstić information content (AvgIpc) is 2.86. The van der Waals surface area contributed by atoms with E-state index < -0.39 is 0 Å². The van der Waals surface area contributed by atoms with Gasteiger partial charge in [-0.25, -0.2) is 0 Å². The number of hydrogen-bond donors (Lipinski definition) is 1. The summed E-state index contributed by atoms with van der Waals surface area (Å²) in [5.74, 6) is 0. The summed E-state index contributed by atoms with van der Waals surface area (Å²) in [6.07, 6.45) is 4.02. The topological polar surface area (TPSA) is 30.9 Å². The Labute approximate surface area is 131 Å².